The third-order valence-electron chi connectivity index (χ3n) is 3.49. The summed E-state index contributed by atoms with van der Waals surface area (Å²) in [6.07, 6.45) is 3.09. The van der Waals surface area contributed by atoms with Crippen LogP contribution in [-0.2, 0) is 6.42 Å². The number of benzene rings is 1. The number of imidazole rings is 1. The van der Waals surface area contributed by atoms with Gasteiger partial charge in [-0.25, -0.2) is 4.98 Å². The predicted octanol–water partition coefficient (Wildman–Crippen LogP) is 3.75. The van der Waals surface area contributed by atoms with Crippen LogP contribution in [0.5, 0.6) is 0 Å². The molecule has 1 unspecified atom stereocenters. The minimum absolute atomic E-state index is 0.00682. The number of nitrogens with one attached hydrogen (secondary N) is 1. The molecule has 0 amide bonds. The third kappa shape index (κ3) is 3.04. The minimum Gasteiger partial charge on any atom is -0.344 e. The normalized spacial score (nSPS) is 12.6. The van der Waals surface area contributed by atoms with Gasteiger partial charge in [-0.15, -0.1) is 0 Å². The molecule has 2 rings (SSSR count). The predicted molar refractivity (Wildman–Crippen MR) is 80.0 cm³/mol. The smallest absolute Gasteiger partial charge is 0.123 e. The fraction of sp³-hybridized carbons (Fsp3) is 0.438. The Hall–Kier alpha value is -1.61. The second kappa shape index (κ2) is 6.02. The molecular weight excluding hydrogens is 234 g/mol. The molecule has 0 saturated carbocycles. The highest BCUT2D eigenvalue weighted by atomic mass is 15.0. The monoisotopic (exact) mass is 257 g/mol. The van der Waals surface area contributed by atoms with Gasteiger partial charge in [0, 0.05) is 11.3 Å². The van der Waals surface area contributed by atoms with Crippen molar-refractivity contribution in [1.29, 1.82) is 0 Å². The molecule has 0 bridgehead atoms. The van der Waals surface area contributed by atoms with Gasteiger partial charge in [-0.1, -0.05) is 44.5 Å². The highest BCUT2D eigenvalue weighted by molar-refractivity contribution is 5.62. The number of aromatic amines is 1. The molecule has 3 N–H and O–H groups in total. The van der Waals surface area contributed by atoms with E-state index in [1.807, 2.05) is 0 Å². The molecular formula is C16H23N3. The molecule has 0 saturated heterocycles. The van der Waals surface area contributed by atoms with Crippen LogP contribution in [-0.4, -0.2) is 9.97 Å². The molecule has 0 spiro atoms. The van der Waals surface area contributed by atoms with Crippen LogP contribution in [0.2, 0.25) is 0 Å². The van der Waals surface area contributed by atoms with Crippen molar-refractivity contribution >= 4 is 0 Å². The fourth-order valence-corrected chi connectivity index (χ4v) is 2.29. The molecule has 3 nitrogen and oxygen atoms in total. The fourth-order valence-electron chi connectivity index (χ4n) is 2.29. The number of rotatable bonds is 5. The van der Waals surface area contributed by atoms with E-state index in [9.17, 15) is 0 Å². The Morgan fingerprint density at radius 3 is 2.47 bits per heavy atom. The number of aromatic nitrogens is 2. The van der Waals surface area contributed by atoms with Gasteiger partial charge in [0.25, 0.3) is 0 Å². The van der Waals surface area contributed by atoms with Gasteiger partial charge in [-0.2, -0.15) is 0 Å². The number of hydrogen-bond acceptors (Lipinski definition) is 2. The maximum absolute atomic E-state index is 6.12. The average Bonchev–Trinajstić information content (AvgIpc) is 2.81. The van der Waals surface area contributed by atoms with Crippen LogP contribution in [0, 0.1) is 6.92 Å². The van der Waals surface area contributed by atoms with E-state index in [1.165, 1.54) is 5.56 Å². The number of hydrogen-bond donors (Lipinski definition) is 2. The molecule has 102 valence electrons. The zero-order chi connectivity index (χ0) is 13.8. The Morgan fingerprint density at radius 1 is 1.21 bits per heavy atom. The molecule has 0 aliphatic heterocycles. The van der Waals surface area contributed by atoms with Crippen molar-refractivity contribution in [2.75, 3.05) is 0 Å². The lowest BCUT2D eigenvalue weighted by atomic mass is 10.1. The van der Waals surface area contributed by atoms with Crippen LogP contribution in [0.3, 0.4) is 0 Å². The maximum atomic E-state index is 6.12. The lowest BCUT2D eigenvalue weighted by molar-refractivity contribution is 0.608. The van der Waals surface area contributed by atoms with Crippen molar-refractivity contribution in [3.05, 3.63) is 41.3 Å². The van der Waals surface area contributed by atoms with E-state index >= 15 is 0 Å². The van der Waals surface area contributed by atoms with Crippen LogP contribution >= 0.6 is 0 Å². The summed E-state index contributed by atoms with van der Waals surface area (Å²) in [5, 5.41) is 0. The van der Waals surface area contributed by atoms with Gasteiger partial charge in [-0.3, -0.25) is 0 Å². The first-order valence-corrected chi connectivity index (χ1v) is 7.07. The van der Waals surface area contributed by atoms with Gasteiger partial charge in [0.1, 0.15) is 5.82 Å². The molecule has 1 atom stereocenters. The summed E-state index contributed by atoms with van der Waals surface area (Å²) in [6.45, 7) is 6.36. The van der Waals surface area contributed by atoms with E-state index in [0.717, 1.165) is 42.0 Å². The Bertz CT molecular complexity index is 525. The van der Waals surface area contributed by atoms with Crippen LogP contribution < -0.4 is 5.73 Å². The number of aryl methyl sites for hydroxylation is 2. The summed E-state index contributed by atoms with van der Waals surface area (Å²) in [4.78, 5) is 7.99. The summed E-state index contributed by atoms with van der Waals surface area (Å²) in [5.74, 6) is 0.897. The number of nitrogens with two attached hydrogens (primary N) is 1. The minimum atomic E-state index is 0.00682. The first-order valence-electron chi connectivity index (χ1n) is 7.07. The molecule has 19 heavy (non-hydrogen) atoms. The molecule has 3 heteroatoms. The molecule has 0 aliphatic rings. The van der Waals surface area contributed by atoms with E-state index < -0.39 is 0 Å². The number of H-pyrrole nitrogens is 1. The quantitative estimate of drug-likeness (QED) is 0.857. The van der Waals surface area contributed by atoms with Gasteiger partial charge in [0.05, 0.1) is 11.7 Å². The molecule has 0 aliphatic carbocycles. The highest BCUT2D eigenvalue weighted by Gasteiger charge is 2.13. The lowest BCUT2D eigenvalue weighted by Gasteiger charge is -2.05. The zero-order valence-electron chi connectivity index (χ0n) is 12.0. The van der Waals surface area contributed by atoms with Crippen molar-refractivity contribution in [2.24, 2.45) is 5.73 Å². The van der Waals surface area contributed by atoms with Gasteiger partial charge >= 0.3 is 0 Å². The Kier molecular flexibility index (Phi) is 4.38. The maximum Gasteiger partial charge on any atom is 0.123 e. The second-order valence-electron chi connectivity index (χ2n) is 5.04. The summed E-state index contributed by atoms with van der Waals surface area (Å²) < 4.78 is 0. The van der Waals surface area contributed by atoms with Crippen molar-refractivity contribution in [1.82, 2.24) is 9.97 Å². The molecule has 1 aromatic carbocycles. The summed E-state index contributed by atoms with van der Waals surface area (Å²) >= 11 is 0. The molecule has 1 aromatic heterocycles. The van der Waals surface area contributed by atoms with E-state index in [4.69, 9.17) is 5.73 Å². The van der Waals surface area contributed by atoms with Crippen LogP contribution in [0.1, 0.15) is 49.8 Å². The third-order valence-corrected chi connectivity index (χ3v) is 3.49. The van der Waals surface area contributed by atoms with E-state index in [2.05, 4.69) is 55.0 Å². The standard InChI is InChI=1S/C16H23N3/c1-4-6-14(17)16-18-11(3)15(19-16)13-9-7-12(5-2)8-10-13/h7-10,14H,4-6,17H2,1-3H3,(H,18,19). The zero-order valence-corrected chi connectivity index (χ0v) is 12.0. The van der Waals surface area contributed by atoms with Gasteiger partial charge in [-0.05, 0) is 25.3 Å². The van der Waals surface area contributed by atoms with Crippen LogP contribution in [0.25, 0.3) is 11.3 Å². The van der Waals surface area contributed by atoms with Crippen LogP contribution in [0.15, 0.2) is 24.3 Å². The second-order valence-corrected chi connectivity index (χ2v) is 5.04. The Labute approximate surface area is 115 Å². The highest BCUT2D eigenvalue weighted by Crippen LogP contribution is 2.24. The van der Waals surface area contributed by atoms with Gasteiger partial charge in [0.2, 0.25) is 0 Å². The SMILES string of the molecule is CCCC(N)c1nc(-c2ccc(CC)cc2)c(C)[nH]1. The topological polar surface area (TPSA) is 54.7 Å². The van der Waals surface area contributed by atoms with E-state index in [1.54, 1.807) is 0 Å². The summed E-state index contributed by atoms with van der Waals surface area (Å²) in [6, 6.07) is 8.60. The van der Waals surface area contributed by atoms with Gasteiger partial charge < -0.3 is 10.7 Å². The van der Waals surface area contributed by atoms with Crippen molar-refractivity contribution in [3.63, 3.8) is 0 Å². The molecule has 2 aromatic rings. The summed E-state index contributed by atoms with van der Waals surface area (Å²) in [7, 11) is 0. The number of nitrogens with zero attached hydrogens (tertiary/aromatic N) is 1. The van der Waals surface area contributed by atoms with Crippen molar-refractivity contribution in [3.8, 4) is 11.3 Å². The molecule has 0 fully saturated rings. The molecule has 1 heterocycles. The van der Waals surface area contributed by atoms with Crippen molar-refractivity contribution < 1.29 is 0 Å². The van der Waals surface area contributed by atoms with E-state index in [-0.39, 0.29) is 6.04 Å². The van der Waals surface area contributed by atoms with E-state index in [0.29, 0.717) is 0 Å². The Balaban J connectivity index is 2.28. The molecule has 0 radical (unpaired) electrons. The Morgan fingerprint density at radius 2 is 1.89 bits per heavy atom. The van der Waals surface area contributed by atoms with Crippen LogP contribution in [0.4, 0.5) is 0 Å². The largest absolute Gasteiger partial charge is 0.344 e. The summed E-state index contributed by atoms with van der Waals surface area (Å²) in [5.41, 5.74) is 10.7. The lowest BCUT2D eigenvalue weighted by Crippen LogP contribution is -2.11. The van der Waals surface area contributed by atoms with Gasteiger partial charge in [0.15, 0.2) is 0 Å². The van der Waals surface area contributed by atoms with Crippen molar-refractivity contribution in [2.45, 2.75) is 46.1 Å². The average molecular weight is 257 g/mol. The first kappa shape index (κ1) is 13.8. The first-order chi connectivity index (χ1) is 9.15.